The largest absolute Gasteiger partial charge is 0.444 e. The number of aliphatic imine (C=N–C) groups is 1. The Morgan fingerprint density at radius 2 is 1.96 bits per heavy atom. The van der Waals surface area contributed by atoms with Gasteiger partial charge >= 0.3 is 6.09 Å². The fourth-order valence-corrected chi connectivity index (χ4v) is 2.55. The number of hydrogen-bond acceptors (Lipinski definition) is 6. The molecule has 0 aromatic carbocycles. The van der Waals surface area contributed by atoms with Crippen LogP contribution in [0, 0.1) is 11.5 Å². The number of piperazine rings is 1. The van der Waals surface area contributed by atoms with Crippen molar-refractivity contribution in [3.8, 4) is 6.19 Å². The van der Waals surface area contributed by atoms with Gasteiger partial charge in [-0.05, 0) is 32.9 Å². The Labute approximate surface area is 160 Å². The van der Waals surface area contributed by atoms with Gasteiger partial charge in [-0.2, -0.15) is 5.26 Å². The molecule has 0 spiro atoms. The van der Waals surface area contributed by atoms with E-state index in [9.17, 15) is 4.79 Å². The smallest absolute Gasteiger partial charge is 0.410 e. The predicted octanol–water partition coefficient (Wildman–Crippen LogP) is 1.47. The highest BCUT2D eigenvalue weighted by molar-refractivity contribution is 5.94. The highest BCUT2D eigenvalue weighted by Crippen LogP contribution is 2.11. The van der Waals surface area contributed by atoms with Crippen molar-refractivity contribution in [3.63, 3.8) is 0 Å². The van der Waals surface area contributed by atoms with Crippen LogP contribution in [0.15, 0.2) is 29.5 Å². The lowest BCUT2D eigenvalue weighted by Gasteiger charge is -2.35. The first-order valence-electron chi connectivity index (χ1n) is 8.95. The topological polar surface area (TPSA) is 106 Å². The predicted molar refractivity (Wildman–Crippen MR) is 103 cm³/mol. The maximum Gasteiger partial charge on any atom is 0.410 e. The monoisotopic (exact) mass is 373 g/mol. The number of nitriles is 1. The van der Waals surface area contributed by atoms with Crippen molar-refractivity contribution in [2.24, 2.45) is 4.99 Å². The molecule has 1 aromatic rings. The molecular formula is C18H27N7O2. The summed E-state index contributed by atoms with van der Waals surface area (Å²) in [6.45, 7) is 9.86. The third-order valence-electron chi connectivity index (χ3n) is 3.85. The van der Waals surface area contributed by atoms with Crippen molar-refractivity contribution >= 4 is 17.7 Å². The number of hydrogen-bond donors (Lipinski definition) is 2. The third-order valence-corrected chi connectivity index (χ3v) is 3.85. The fourth-order valence-electron chi connectivity index (χ4n) is 2.55. The summed E-state index contributed by atoms with van der Waals surface area (Å²) in [4.78, 5) is 23.8. The maximum absolute atomic E-state index is 12.1. The average molecular weight is 373 g/mol. The summed E-state index contributed by atoms with van der Waals surface area (Å²) in [6, 6.07) is 3.59. The Morgan fingerprint density at radius 3 is 2.56 bits per heavy atom. The minimum Gasteiger partial charge on any atom is -0.444 e. The first-order valence-corrected chi connectivity index (χ1v) is 8.95. The molecule has 0 bridgehead atoms. The molecule has 0 radical (unpaired) electrons. The number of anilines is 1. The molecule has 1 amide bonds. The third kappa shape index (κ3) is 7.50. The van der Waals surface area contributed by atoms with Gasteiger partial charge in [0.2, 0.25) is 12.2 Å². The van der Waals surface area contributed by atoms with Gasteiger partial charge in [0.15, 0.2) is 0 Å². The van der Waals surface area contributed by atoms with Crippen molar-refractivity contribution in [2.45, 2.75) is 26.4 Å². The summed E-state index contributed by atoms with van der Waals surface area (Å²) in [7, 11) is 0. The Hall–Kier alpha value is -2.86. The van der Waals surface area contributed by atoms with E-state index in [1.165, 1.54) is 0 Å². The van der Waals surface area contributed by atoms with Gasteiger partial charge in [0, 0.05) is 57.3 Å². The van der Waals surface area contributed by atoms with Crippen LogP contribution in [0.5, 0.6) is 0 Å². The fraction of sp³-hybridized carbons (Fsp3) is 0.556. The molecule has 27 heavy (non-hydrogen) atoms. The second-order valence-electron chi connectivity index (χ2n) is 7.16. The van der Waals surface area contributed by atoms with Crippen molar-refractivity contribution in [1.29, 1.82) is 5.26 Å². The molecule has 0 aliphatic carbocycles. The summed E-state index contributed by atoms with van der Waals surface area (Å²) >= 11 is 0. The van der Waals surface area contributed by atoms with Crippen LogP contribution in [0.4, 0.5) is 10.5 Å². The zero-order valence-corrected chi connectivity index (χ0v) is 16.1. The summed E-state index contributed by atoms with van der Waals surface area (Å²) < 4.78 is 5.41. The molecule has 2 rings (SSSR count). The van der Waals surface area contributed by atoms with E-state index in [-0.39, 0.29) is 6.09 Å². The molecule has 1 aliphatic rings. The van der Waals surface area contributed by atoms with E-state index in [0.717, 1.165) is 25.3 Å². The molecule has 1 fully saturated rings. The molecule has 2 heterocycles. The van der Waals surface area contributed by atoms with E-state index in [0.29, 0.717) is 25.6 Å². The summed E-state index contributed by atoms with van der Waals surface area (Å²) in [5.74, 6) is 0.399. The molecule has 0 saturated carbocycles. The lowest BCUT2D eigenvalue weighted by atomic mass is 10.2. The number of pyridine rings is 1. The zero-order chi connectivity index (χ0) is 19.7. The number of aromatic nitrogens is 1. The number of nitrogens with one attached hydrogen (secondary N) is 2. The summed E-state index contributed by atoms with van der Waals surface area (Å²) in [5, 5.41) is 15.0. The van der Waals surface area contributed by atoms with Crippen LogP contribution in [0.3, 0.4) is 0 Å². The molecule has 9 heteroatoms. The van der Waals surface area contributed by atoms with Gasteiger partial charge in [0.1, 0.15) is 5.60 Å². The standard InChI is InChI=1S/C18H27N7O2/c1-18(2,3)27-17(26)25-12-10-24(11-13-25)9-8-21-16(22-14-19)23-15-4-6-20-7-5-15/h4-7H,8-13H2,1-3H3,(H2,20,21,22,23). The lowest BCUT2D eigenvalue weighted by Crippen LogP contribution is -2.51. The Kier molecular flexibility index (Phi) is 7.37. The van der Waals surface area contributed by atoms with Crippen molar-refractivity contribution in [1.82, 2.24) is 20.1 Å². The highest BCUT2D eigenvalue weighted by atomic mass is 16.6. The Balaban J connectivity index is 1.72. The van der Waals surface area contributed by atoms with Gasteiger partial charge in [0.25, 0.3) is 0 Å². The number of carbonyl (C=O) groups is 1. The quantitative estimate of drug-likeness (QED) is 0.468. The van der Waals surface area contributed by atoms with Crippen molar-refractivity contribution in [3.05, 3.63) is 24.5 Å². The molecule has 0 atom stereocenters. The summed E-state index contributed by atoms with van der Waals surface area (Å²) in [5.41, 5.74) is 0.327. The molecular weight excluding hydrogens is 346 g/mol. The number of rotatable bonds is 4. The SMILES string of the molecule is CC(C)(C)OC(=O)N1CCN(CCNC(=NC#N)Nc2ccncc2)CC1. The average Bonchev–Trinajstić information content (AvgIpc) is 2.62. The van der Waals surface area contributed by atoms with Crippen LogP contribution in [-0.4, -0.2) is 71.7 Å². The van der Waals surface area contributed by atoms with Crippen LogP contribution < -0.4 is 10.6 Å². The van der Waals surface area contributed by atoms with E-state index >= 15 is 0 Å². The van der Waals surface area contributed by atoms with Gasteiger partial charge in [-0.3, -0.25) is 9.88 Å². The van der Waals surface area contributed by atoms with Gasteiger partial charge < -0.3 is 20.3 Å². The molecule has 1 aromatic heterocycles. The normalized spacial score (nSPS) is 15.8. The second kappa shape index (κ2) is 9.73. The van der Waals surface area contributed by atoms with Crippen LogP contribution >= 0.6 is 0 Å². The zero-order valence-electron chi connectivity index (χ0n) is 16.1. The van der Waals surface area contributed by atoms with Crippen LogP contribution in [0.25, 0.3) is 0 Å². The minimum atomic E-state index is -0.476. The lowest BCUT2D eigenvalue weighted by molar-refractivity contribution is 0.0147. The van der Waals surface area contributed by atoms with E-state index < -0.39 is 5.60 Å². The first kappa shape index (κ1) is 20.5. The number of guanidine groups is 1. The molecule has 2 N–H and O–H groups in total. The van der Waals surface area contributed by atoms with Gasteiger partial charge in [0.05, 0.1) is 0 Å². The van der Waals surface area contributed by atoms with E-state index in [4.69, 9.17) is 10.00 Å². The first-order chi connectivity index (χ1) is 12.9. The number of ether oxygens (including phenoxy) is 1. The van der Waals surface area contributed by atoms with E-state index in [2.05, 4.69) is 25.5 Å². The van der Waals surface area contributed by atoms with Crippen molar-refractivity contribution < 1.29 is 9.53 Å². The van der Waals surface area contributed by atoms with Gasteiger partial charge in [-0.25, -0.2) is 4.79 Å². The Morgan fingerprint density at radius 1 is 1.30 bits per heavy atom. The summed E-state index contributed by atoms with van der Waals surface area (Å²) in [6.07, 6.45) is 4.86. The van der Waals surface area contributed by atoms with E-state index in [1.54, 1.807) is 35.6 Å². The molecule has 146 valence electrons. The van der Waals surface area contributed by atoms with Crippen LogP contribution in [0.1, 0.15) is 20.8 Å². The van der Waals surface area contributed by atoms with Crippen LogP contribution in [-0.2, 0) is 4.74 Å². The van der Waals surface area contributed by atoms with Gasteiger partial charge in [-0.15, -0.1) is 4.99 Å². The second-order valence-corrected chi connectivity index (χ2v) is 7.16. The molecule has 1 saturated heterocycles. The molecule has 1 aliphatic heterocycles. The molecule has 0 unspecified atom stereocenters. The number of carbonyl (C=O) groups excluding carboxylic acids is 1. The number of nitrogens with zero attached hydrogens (tertiary/aromatic N) is 5. The maximum atomic E-state index is 12.1. The van der Waals surface area contributed by atoms with Gasteiger partial charge in [-0.1, -0.05) is 0 Å². The Bertz CT molecular complexity index is 671. The van der Waals surface area contributed by atoms with Crippen LogP contribution in [0.2, 0.25) is 0 Å². The minimum absolute atomic E-state index is 0.259. The number of amides is 1. The highest BCUT2D eigenvalue weighted by Gasteiger charge is 2.25. The van der Waals surface area contributed by atoms with Crippen molar-refractivity contribution in [2.75, 3.05) is 44.6 Å². The van der Waals surface area contributed by atoms with E-state index in [1.807, 2.05) is 20.8 Å². The molecule has 9 nitrogen and oxygen atoms in total.